The minimum absolute atomic E-state index is 0.188. The Labute approximate surface area is 201 Å². The molecule has 2 amide bonds. The van der Waals surface area contributed by atoms with Gasteiger partial charge in [0, 0.05) is 44.5 Å². The molecule has 0 radical (unpaired) electrons. The molecule has 0 atom stereocenters. The lowest BCUT2D eigenvalue weighted by molar-refractivity contribution is -0.137. The van der Waals surface area contributed by atoms with Crippen LogP contribution >= 0.6 is 0 Å². The third-order valence-electron chi connectivity index (χ3n) is 5.90. The summed E-state index contributed by atoms with van der Waals surface area (Å²) in [6, 6.07) is 17.7. The number of carbonyl (C=O) groups excluding carboxylic acids is 2. The van der Waals surface area contributed by atoms with Gasteiger partial charge in [-0.2, -0.15) is 13.2 Å². The van der Waals surface area contributed by atoms with Crippen molar-refractivity contribution in [1.82, 2.24) is 15.2 Å². The van der Waals surface area contributed by atoms with Crippen LogP contribution in [0.25, 0.3) is 0 Å². The smallest absolute Gasteiger partial charge is 0.353 e. The minimum Gasteiger partial charge on any atom is -0.353 e. The molecular weight excluding hydrogens is 457 g/mol. The number of alkyl halides is 3. The van der Waals surface area contributed by atoms with Crippen molar-refractivity contribution in [2.24, 2.45) is 0 Å². The fraction of sp³-hybridized carbons (Fsp3) is 0.269. The lowest BCUT2D eigenvalue weighted by Gasteiger charge is -2.35. The van der Waals surface area contributed by atoms with Crippen molar-refractivity contribution in [2.75, 3.05) is 37.6 Å². The Balaban J connectivity index is 1.26. The second-order valence-electron chi connectivity index (χ2n) is 8.25. The Morgan fingerprint density at radius 3 is 2.11 bits per heavy atom. The average Bonchev–Trinajstić information content (AvgIpc) is 2.88. The summed E-state index contributed by atoms with van der Waals surface area (Å²) in [4.78, 5) is 33.1. The van der Waals surface area contributed by atoms with Gasteiger partial charge in [-0.05, 0) is 48.4 Å². The van der Waals surface area contributed by atoms with E-state index in [-0.39, 0.29) is 17.4 Å². The normalized spacial score (nSPS) is 14.0. The molecule has 0 aliphatic carbocycles. The number of nitrogens with zero attached hydrogens (tertiary/aromatic N) is 3. The first-order valence-corrected chi connectivity index (χ1v) is 11.3. The highest BCUT2D eigenvalue weighted by Gasteiger charge is 2.30. The molecule has 0 saturated carbocycles. The van der Waals surface area contributed by atoms with E-state index in [1.54, 1.807) is 17.0 Å². The second-order valence-corrected chi connectivity index (χ2v) is 8.25. The van der Waals surface area contributed by atoms with E-state index in [0.717, 1.165) is 24.1 Å². The Bertz CT molecular complexity index is 1140. The molecule has 182 valence electrons. The summed E-state index contributed by atoms with van der Waals surface area (Å²) in [6.07, 6.45) is -2.15. The van der Waals surface area contributed by atoms with Crippen molar-refractivity contribution >= 4 is 17.6 Å². The highest BCUT2D eigenvalue weighted by atomic mass is 19.4. The molecule has 1 aliphatic heterocycles. The zero-order valence-electron chi connectivity index (χ0n) is 19.0. The van der Waals surface area contributed by atoms with Crippen LogP contribution in [0, 0.1) is 0 Å². The van der Waals surface area contributed by atoms with Gasteiger partial charge >= 0.3 is 6.18 Å². The molecule has 4 rings (SSSR count). The summed E-state index contributed by atoms with van der Waals surface area (Å²) in [7, 11) is 0. The lowest BCUT2D eigenvalue weighted by Crippen LogP contribution is -2.49. The number of halogens is 3. The molecule has 2 heterocycles. The number of nitrogens with one attached hydrogen (secondary N) is 1. The molecule has 9 heteroatoms. The quantitative estimate of drug-likeness (QED) is 0.576. The van der Waals surface area contributed by atoms with E-state index < -0.39 is 11.7 Å². The van der Waals surface area contributed by atoms with Gasteiger partial charge < -0.3 is 15.1 Å². The second kappa shape index (κ2) is 10.6. The maximum absolute atomic E-state index is 12.7. The number of anilines is 1. The third kappa shape index (κ3) is 6.17. The number of hydrogen-bond donors (Lipinski definition) is 1. The maximum atomic E-state index is 12.7. The molecular formula is C26H25F3N4O2. The molecule has 3 aromatic rings. The molecule has 0 spiro atoms. The Kier molecular flexibility index (Phi) is 7.33. The van der Waals surface area contributed by atoms with Crippen molar-refractivity contribution in [2.45, 2.75) is 12.6 Å². The van der Waals surface area contributed by atoms with Crippen LogP contribution in [0.4, 0.5) is 19.0 Å². The highest BCUT2D eigenvalue weighted by Crippen LogP contribution is 2.29. The topological polar surface area (TPSA) is 65.5 Å². The van der Waals surface area contributed by atoms with Crippen LogP contribution in [0.2, 0.25) is 0 Å². The SMILES string of the molecule is O=C(NCCc1ccccc1)c1ccc(N2CCN(C(=O)c3ccc(C(F)(F)F)cc3)CC2)nc1. The van der Waals surface area contributed by atoms with Crippen LogP contribution in [0.15, 0.2) is 72.9 Å². The van der Waals surface area contributed by atoms with Crippen molar-refractivity contribution in [3.63, 3.8) is 0 Å². The summed E-state index contributed by atoms with van der Waals surface area (Å²) >= 11 is 0. The third-order valence-corrected chi connectivity index (χ3v) is 5.90. The van der Waals surface area contributed by atoms with E-state index in [1.807, 2.05) is 35.2 Å². The van der Waals surface area contributed by atoms with Gasteiger partial charge in [0.05, 0.1) is 11.1 Å². The molecule has 35 heavy (non-hydrogen) atoms. The highest BCUT2D eigenvalue weighted by molar-refractivity contribution is 5.95. The lowest BCUT2D eigenvalue weighted by atomic mass is 10.1. The number of pyridine rings is 1. The molecule has 0 unspecified atom stereocenters. The number of rotatable bonds is 6. The predicted molar refractivity (Wildman–Crippen MR) is 126 cm³/mol. The Hall–Kier alpha value is -3.88. The summed E-state index contributed by atoms with van der Waals surface area (Å²) < 4.78 is 38.2. The van der Waals surface area contributed by atoms with Gasteiger partial charge in [-0.25, -0.2) is 4.98 Å². The number of hydrogen-bond acceptors (Lipinski definition) is 4. The number of piperazine rings is 1. The summed E-state index contributed by atoms with van der Waals surface area (Å²) in [5.74, 6) is 0.216. The van der Waals surface area contributed by atoms with Crippen LogP contribution in [-0.2, 0) is 12.6 Å². The Morgan fingerprint density at radius 1 is 0.857 bits per heavy atom. The van der Waals surface area contributed by atoms with Gasteiger partial charge in [-0.15, -0.1) is 0 Å². The minimum atomic E-state index is -4.43. The van der Waals surface area contributed by atoms with Crippen molar-refractivity contribution in [3.8, 4) is 0 Å². The van der Waals surface area contributed by atoms with Gasteiger partial charge in [0.25, 0.3) is 11.8 Å². The summed E-state index contributed by atoms with van der Waals surface area (Å²) in [5.41, 5.74) is 1.07. The van der Waals surface area contributed by atoms with Crippen LogP contribution in [0.5, 0.6) is 0 Å². The van der Waals surface area contributed by atoms with E-state index in [2.05, 4.69) is 10.3 Å². The van der Waals surface area contributed by atoms with Crippen LogP contribution in [0.1, 0.15) is 31.8 Å². The summed E-state index contributed by atoms with van der Waals surface area (Å²) in [5, 5.41) is 2.89. The van der Waals surface area contributed by atoms with Gasteiger partial charge in [0.15, 0.2) is 0 Å². The van der Waals surface area contributed by atoms with Crippen LogP contribution < -0.4 is 10.2 Å². The molecule has 0 bridgehead atoms. The molecule has 1 aliphatic rings. The predicted octanol–water partition coefficient (Wildman–Crippen LogP) is 4.04. The first kappa shape index (κ1) is 24.3. The van der Waals surface area contributed by atoms with E-state index in [9.17, 15) is 22.8 Å². The fourth-order valence-electron chi connectivity index (χ4n) is 3.90. The molecule has 1 N–H and O–H groups in total. The molecule has 2 aromatic carbocycles. The monoisotopic (exact) mass is 482 g/mol. The Morgan fingerprint density at radius 2 is 1.51 bits per heavy atom. The van der Waals surface area contributed by atoms with Crippen LogP contribution in [0.3, 0.4) is 0 Å². The molecule has 6 nitrogen and oxygen atoms in total. The van der Waals surface area contributed by atoms with E-state index in [1.165, 1.54) is 18.3 Å². The van der Waals surface area contributed by atoms with Gasteiger partial charge in [0.1, 0.15) is 5.82 Å². The summed E-state index contributed by atoms with van der Waals surface area (Å²) in [6.45, 7) is 2.43. The number of carbonyl (C=O) groups is 2. The van der Waals surface area contributed by atoms with Gasteiger partial charge in [0.2, 0.25) is 0 Å². The zero-order valence-corrected chi connectivity index (χ0v) is 19.0. The van der Waals surface area contributed by atoms with Crippen molar-refractivity contribution in [3.05, 3.63) is 95.2 Å². The molecule has 1 fully saturated rings. The fourth-order valence-corrected chi connectivity index (χ4v) is 3.90. The zero-order chi connectivity index (χ0) is 24.8. The maximum Gasteiger partial charge on any atom is 0.416 e. The standard InChI is InChI=1S/C26H25F3N4O2/c27-26(28,29)22-9-6-20(7-10-22)25(35)33-16-14-32(15-17-33)23-11-8-21(18-31-23)24(34)30-13-12-19-4-2-1-3-5-19/h1-11,18H,12-17H2,(H,30,34). The number of aromatic nitrogens is 1. The van der Waals surface area contributed by atoms with Crippen LogP contribution in [-0.4, -0.2) is 54.4 Å². The largest absolute Gasteiger partial charge is 0.416 e. The van der Waals surface area contributed by atoms with E-state index >= 15 is 0 Å². The van der Waals surface area contributed by atoms with E-state index in [4.69, 9.17) is 0 Å². The number of benzene rings is 2. The first-order chi connectivity index (χ1) is 16.8. The van der Waals surface area contributed by atoms with Crippen molar-refractivity contribution < 1.29 is 22.8 Å². The van der Waals surface area contributed by atoms with Gasteiger partial charge in [-0.3, -0.25) is 9.59 Å². The number of amides is 2. The van der Waals surface area contributed by atoms with E-state index in [0.29, 0.717) is 44.1 Å². The molecule has 1 aromatic heterocycles. The molecule has 1 saturated heterocycles. The van der Waals surface area contributed by atoms with Gasteiger partial charge in [-0.1, -0.05) is 30.3 Å². The van der Waals surface area contributed by atoms with Crippen molar-refractivity contribution in [1.29, 1.82) is 0 Å². The average molecular weight is 483 g/mol. The first-order valence-electron chi connectivity index (χ1n) is 11.3.